The van der Waals surface area contributed by atoms with Crippen LogP contribution in [0.4, 0.5) is 4.79 Å². The summed E-state index contributed by atoms with van der Waals surface area (Å²) in [5.41, 5.74) is 3.45. The van der Waals surface area contributed by atoms with E-state index < -0.39 is 51.3 Å². The Bertz CT molecular complexity index is 1180. The summed E-state index contributed by atoms with van der Waals surface area (Å²) in [6, 6.07) is -1.90. The van der Waals surface area contributed by atoms with Gasteiger partial charge < -0.3 is 26.0 Å². The van der Waals surface area contributed by atoms with Crippen LogP contribution < -0.4 is 21.1 Å². The van der Waals surface area contributed by atoms with E-state index in [1.165, 1.54) is 9.21 Å². The number of allylic oxidation sites excluding steroid dienone is 1. The predicted molar refractivity (Wildman–Crippen MR) is 155 cm³/mol. The molecule has 0 aromatic heterocycles. The van der Waals surface area contributed by atoms with Gasteiger partial charge in [-0.1, -0.05) is 25.0 Å². The van der Waals surface area contributed by atoms with Crippen molar-refractivity contribution < 1.29 is 32.3 Å². The van der Waals surface area contributed by atoms with Crippen LogP contribution in [-0.4, -0.2) is 90.3 Å². The van der Waals surface area contributed by atoms with Crippen LogP contribution in [0.1, 0.15) is 85.0 Å². The number of amides is 4. The molecular weight excluding hydrogens is 564 g/mol. The van der Waals surface area contributed by atoms with Crippen molar-refractivity contribution in [3.63, 3.8) is 0 Å². The highest BCUT2D eigenvalue weighted by Crippen LogP contribution is 2.46. The molecule has 42 heavy (non-hydrogen) atoms. The second-order valence-electron chi connectivity index (χ2n) is 12.8. The standard InChI is InChI=1S/C28H46N6O7S/c1-27(2,3)41-26(38)30-21-11-8-6-4-5-7-10-19-18-28(19,31-23(35)22-12-9-16-33(22)24(21)36)25(37)32-42(39,40)34(17-15-29)20-13-14-20/h7,10,19-22H,4-6,8-9,11-18,29H2,1-3H3,(H,30,38)(H,31,35)(H,32,37)/b10-7-/t19-,21+,22+,28-/m1/s1. The molecule has 1 saturated heterocycles. The molecule has 0 aromatic carbocycles. The number of rotatable bonds is 7. The van der Waals surface area contributed by atoms with Crippen LogP contribution in [0.5, 0.6) is 0 Å². The third kappa shape index (κ3) is 7.81. The molecule has 2 saturated carbocycles. The van der Waals surface area contributed by atoms with Gasteiger partial charge in [0.25, 0.3) is 5.91 Å². The largest absolute Gasteiger partial charge is 0.444 e. The molecule has 3 fully saturated rings. The summed E-state index contributed by atoms with van der Waals surface area (Å²) >= 11 is 0. The fourth-order valence-corrected chi connectivity index (χ4v) is 7.28. The van der Waals surface area contributed by atoms with Crippen molar-refractivity contribution in [1.29, 1.82) is 0 Å². The van der Waals surface area contributed by atoms with E-state index in [2.05, 4.69) is 15.4 Å². The van der Waals surface area contributed by atoms with Crippen LogP contribution >= 0.6 is 0 Å². The van der Waals surface area contributed by atoms with Gasteiger partial charge in [-0.2, -0.15) is 12.7 Å². The summed E-state index contributed by atoms with van der Waals surface area (Å²) in [4.78, 5) is 55.0. The first kappa shape index (κ1) is 32.2. The minimum atomic E-state index is -4.16. The lowest BCUT2D eigenvalue weighted by Gasteiger charge is -2.31. The van der Waals surface area contributed by atoms with Crippen LogP contribution in [-0.2, 0) is 29.3 Å². The molecule has 0 unspecified atom stereocenters. The van der Waals surface area contributed by atoms with Crippen molar-refractivity contribution in [1.82, 2.24) is 24.6 Å². The SMILES string of the molecule is CC(C)(C)OC(=O)N[C@H]1CCCCC/C=C\[C@@H]2C[C@@]2(C(=O)NS(=O)(=O)N(CCN)C2CC2)NC(=O)[C@@H]2CCCN2C1=O. The number of nitrogens with zero attached hydrogens (tertiary/aromatic N) is 2. The number of hydrogen-bond donors (Lipinski definition) is 4. The third-order valence-electron chi connectivity index (χ3n) is 8.16. The first-order valence-corrected chi connectivity index (χ1v) is 16.5. The fourth-order valence-electron chi connectivity index (χ4n) is 5.80. The molecule has 0 bridgehead atoms. The molecule has 2 heterocycles. The van der Waals surface area contributed by atoms with E-state index in [-0.39, 0.29) is 37.4 Å². The van der Waals surface area contributed by atoms with Crippen molar-refractivity contribution in [2.24, 2.45) is 11.7 Å². The third-order valence-corrected chi connectivity index (χ3v) is 9.70. The van der Waals surface area contributed by atoms with E-state index in [1.807, 2.05) is 12.2 Å². The lowest BCUT2D eigenvalue weighted by atomic mass is 10.0. The van der Waals surface area contributed by atoms with Crippen molar-refractivity contribution in [3.8, 4) is 0 Å². The lowest BCUT2D eigenvalue weighted by Crippen LogP contribution is -2.59. The Morgan fingerprint density at radius 1 is 1.14 bits per heavy atom. The van der Waals surface area contributed by atoms with Gasteiger partial charge in [0.15, 0.2) is 0 Å². The lowest BCUT2D eigenvalue weighted by molar-refractivity contribution is -0.141. The average molecular weight is 611 g/mol. The quantitative estimate of drug-likeness (QED) is 0.309. The summed E-state index contributed by atoms with van der Waals surface area (Å²) in [6.45, 7) is 5.76. The normalized spacial score (nSPS) is 29.8. The molecule has 0 radical (unpaired) electrons. The number of fused-ring (bicyclic) bond motifs is 2. The monoisotopic (exact) mass is 610 g/mol. The Morgan fingerprint density at radius 3 is 2.55 bits per heavy atom. The second-order valence-corrected chi connectivity index (χ2v) is 14.4. The van der Waals surface area contributed by atoms with E-state index in [9.17, 15) is 27.6 Å². The first-order chi connectivity index (χ1) is 19.8. The molecule has 0 aromatic rings. The number of alkyl carbamates (subject to hydrolysis) is 1. The summed E-state index contributed by atoms with van der Waals surface area (Å²) in [5.74, 6) is -2.06. The van der Waals surface area contributed by atoms with Crippen molar-refractivity contribution >= 4 is 34.0 Å². The maximum atomic E-state index is 13.7. The number of nitrogens with two attached hydrogens (primary N) is 1. The average Bonchev–Trinajstić information content (AvgIpc) is 3.79. The second kappa shape index (κ2) is 12.9. The molecule has 4 amide bonds. The van der Waals surface area contributed by atoms with Gasteiger partial charge in [-0.05, 0) is 72.1 Å². The van der Waals surface area contributed by atoms with Crippen molar-refractivity contribution in [2.45, 2.75) is 114 Å². The number of carbonyl (C=O) groups excluding carboxylic acids is 4. The van der Waals surface area contributed by atoms with Crippen LogP contribution in [0.15, 0.2) is 12.2 Å². The van der Waals surface area contributed by atoms with Gasteiger partial charge in [0.2, 0.25) is 11.8 Å². The van der Waals surface area contributed by atoms with Gasteiger partial charge in [0, 0.05) is 31.6 Å². The van der Waals surface area contributed by atoms with Gasteiger partial charge in [-0.15, -0.1) is 0 Å². The molecular formula is C28H46N6O7S. The summed E-state index contributed by atoms with van der Waals surface area (Å²) in [7, 11) is -4.16. The summed E-state index contributed by atoms with van der Waals surface area (Å²) in [5, 5.41) is 5.54. The highest BCUT2D eigenvalue weighted by Gasteiger charge is 2.61. The van der Waals surface area contributed by atoms with Gasteiger partial charge in [0.1, 0.15) is 23.2 Å². The molecule has 14 heteroatoms. The Hall–Kier alpha value is -2.71. The van der Waals surface area contributed by atoms with Gasteiger partial charge in [0.05, 0.1) is 0 Å². The van der Waals surface area contributed by atoms with E-state index in [4.69, 9.17) is 10.5 Å². The van der Waals surface area contributed by atoms with E-state index in [1.54, 1.807) is 20.8 Å². The minimum Gasteiger partial charge on any atom is -0.444 e. The Morgan fingerprint density at radius 2 is 1.88 bits per heavy atom. The van der Waals surface area contributed by atoms with Crippen LogP contribution in [0.2, 0.25) is 0 Å². The highest BCUT2D eigenvalue weighted by molar-refractivity contribution is 7.87. The Labute approximate surface area is 248 Å². The summed E-state index contributed by atoms with van der Waals surface area (Å²) < 4.78 is 35.1. The molecule has 2 aliphatic heterocycles. The van der Waals surface area contributed by atoms with E-state index >= 15 is 0 Å². The van der Waals surface area contributed by atoms with E-state index in [0.717, 1.165) is 19.3 Å². The Kier molecular flexibility index (Phi) is 9.88. The number of ether oxygens (including phenoxy) is 1. The first-order valence-electron chi connectivity index (χ1n) is 15.1. The Balaban J connectivity index is 1.54. The minimum absolute atomic E-state index is 0.0909. The predicted octanol–water partition coefficient (Wildman–Crippen LogP) is 1.05. The van der Waals surface area contributed by atoms with E-state index in [0.29, 0.717) is 45.1 Å². The maximum absolute atomic E-state index is 13.7. The fraction of sp³-hybridized carbons (Fsp3) is 0.786. The van der Waals surface area contributed by atoms with Gasteiger partial charge in [-0.3, -0.25) is 14.4 Å². The van der Waals surface area contributed by atoms with Gasteiger partial charge >= 0.3 is 16.3 Å². The van der Waals surface area contributed by atoms with Crippen molar-refractivity contribution in [3.05, 3.63) is 12.2 Å². The smallest absolute Gasteiger partial charge is 0.408 e. The number of hydrogen-bond acceptors (Lipinski definition) is 8. The summed E-state index contributed by atoms with van der Waals surface area (Å²) in [6.07, 6.45) is 9.22. The molecule has 5 N–H and O–H groups in total. The molecule has 236 valence electrons. The van der Waals surface area contributed by atoms with Crippen LogP contribution in [0, 0.1) is 5.92 Å². The highest BCUT2D eigenvalue weighted by atomic mass is 32.2. The molecule has 4 rings (SSSR count). The zero-order valence-electron chi connectivity index (χ0n) is 24.9. The van der Waals surface area contributed by atoms with Gasteiger partial charge in [-0.25, -0.2) is 9.52 Å². The van der Waals surface area contributed by atoms with Crippen LogP contribution in [0.25, 0.3) is 0 Å². The molecule has 0 spiro atoms. The molecule has 4 atom stereocenters. The zero-order chi connectivity index (χ0) is 30.7. The molecule has 13 nitrogen and oxygen atoms in total. The zero-order valence-corrected chi connectivity index (χ0v) is 25.7. The molecule has 2 aliphatic carbocycles. The topological polar surface area (TPSA) is 180 Å². The maximum Gasteiger partial charge on any atom is 0.408 e. The molecule has 4 aliphatic rings. The van der Waals surface area contributed by atoms with Crippen molar-refractivity contribution in [2.75, 3.05) is 19.6 Å². The number of carbonyl (C=O) groups is 4. The number of nitrogens with one attached hydrogen (secondary N) is 3. The van der Waals surface area contributed by atoms with Crippen LogP contribution in [0.3, 0.4) is 0 Å².